The molecule has 1 saturated heterocycles. The fourth-order valence-electron chi connectivity index (χ4n) is 2.52. The summed E-state index contributed by atoms with van der Waals surface area (Å²) < 4.78 is 27.6. The number of aromatic nitrogens is 2. The highest BCUT2D eigenvalue weighted by Crippen LogP contribution is 2.30. The van der Waals surface area contributed by atoms with Gasteiger partial charge in [-0.1, -0.05) is 23.7 Å². The van der Waals surface area contributed by atoms with Crippen molar-refractivity contribution in [2.45, 2.75) is 4.90 Å². The van der Waals surface area contributed by atoms with Gasteiger partial charge >= 0.3 is 0 Å². The van der Waals surface area contributed by atoms with Gasteiger partial charge in [-0.25, -0.2) is 13.4 Å². The first-order valence-electron chi connectivity index (χ1n) is 7.61. The van der Waals surface area contributed by atoms with Crippen LogP contribution in [0.3, 0.4) is 0 Å². The predicted molar refractivity (Wildman–Crippen MR) is 98.0 cm³/mol. The molecule has 0 spiro atoms. The van der Waals surface area contributed by atoms with Crippen LogP contribution in [0.15, 0.2) is 35.4 Å². The second-order valence-corrected chi connectivity index (χ2v) is 8.32. The first kappa shape index (κ1) is 18.3. The Morgan fingerprint density at radius 2 is 1.80 bits per heavy atom. The summed E-state index contributed by atoms with van der Waals surface area (Å²) in [7, 11) is -1.66. The van der Waals surface area contributed by atoms with Gasteiger partial charge in [0.2, 0.25) is 15.3 Å². The molecule has 10 heteroatoms. The second-order valence-electron chi connectivity index (χ2n) is 5.66. The number of benzene rings is 1. The maximum atomic E-state index is 13.0. The number of halogens is 2. The predicted octanol–water partition coefficient (Wildman–Crippen LogP) is 2.46. The number of sulfonamides is 1. The van der Waals surface area contributed by atoms with E-state index in [1.54, 1.807) is 24.3 Å². The fraction of sp³-hybridized carbons (Fsp3) is 0.333. The molecule has 1 aliphatic heterocycles. The number of rotatable bonds is 4. The van der Waals surface area contributed by atoms with E-state index in [1.165, 1.54) is 10.5 Å². The fourth-order valence-corrected chi connectivity index (χ4v) is 4.36. The summed E-state index contributed by atoms with van der Waals surface area (Å²) in [6.45, 7) is 2.30. The summed E-state index contributed by atoms with van der Waals surface area (Å²) in [4.78, 5) is 10.1. The Hall–Kier alpha value is -1.45. The number of hydrogen-bond acceptors (Lipinski definition) is 6. The Morgan fingerprint density at radius 1 is 1.12 bits per heavy atom. The lowest BCUT2D eigenvalue weighted by Gasteiger charge is -2.32. The molecule has 2 heterocycles. The molecular formula is C15H17Cl2N5O2S. The molecule has 2 aromatic rings. The van der Waals surface area contributed by atoms with Gasteiger partial charge in [0, 0.05) is 26.2 Å². The van der Waals surface area contributed by atoms with E-state index in [2.05, 4.69) is 20.2 Å². The minimum absolute atomic E-state index is 0.0197. The molecule has 1 aromatic carbocycles. The molecule has 0 saturated carbocycles. The molecule has 0 atom stereocenters. The third-order valence-electron chi connectivity index (χ3n) is 3.93. The van der Waals surface area contributed by atoms with Crippen LogP contribution in [0.1, 0.15) is 0 Å². The number of nitrogens with one attached hydrogen (secondary N) is 1. The largest absolute Gasteiger partial charge is 0.338 e. The molecule has 0 unspecified atom stereocenters. The second kappa shape index (κ2) is 7.43. The molecule has 1 N–H and O–H groups in total. The van der Waals surface area contributed by atoms with Crippen molar-refractivity contribution in [3.63, 3.8) is 0 Å². The van der Waals surface area contributed by atoms with E-state index in [4.69, 9.17) is 23.2 Å². The summed E-state index contributed by atoms with van der Waals surface area (Å²) in [5, 5.41) is 3.22. The highest BCUT2D eigenvalue weighted by Gasteiger charge is 2.29. The van der Waals surface area contributed by atoms with E-state index in [9.17, 15) is 8.42 Å². The lowest BCUT2D eigenvalue weighted by atomic mass is 10.3. The summed E-state index contributed by atoms with van der Waals surface area (Å²) >= 11 is 11.9. The maximum absolute atomic E-state index is 13.0. The summed E-state index contributed by atoms with van der Waals surface area (Å²) in [6.07, 6.45) is 1.36. The SMILES string of the molecule is CN1CCN(S(=O)(=O)c2ccccc2Nc2nc(Cl)ncc2Cl)CC1. The Labute approximate surface area is 156 Å². The van der Waals surface area contributed by atoms with Crippen molar-refractivity contribution in [1.29, 1.82) is 0 Å². The summed E-state index contributed by atoms with van der Waals surface area (Å²) in [5.41, 5.74) is 0.387. The lowest BCUT2D eigenvalue weighted by molar-refractivity contribution is 0.222. The van der Waals surface area contributed by atoms with E-state index in [1.807, 2.05) is 7.05 Å². The van der Waals surface area contributed by atoms with Gasteiger partial charge in [0.25, 0.3) is 0 Å². The van der Waals surface area contributed by atoms with Gasteiger partial charge in [-0.3, -0.25) is 0 Å². The van der Waals surface area contributed by atoms with Crippen molar-refractivity contribution in [1.82, 2.24) is 19.2 Å². The molecule has 25 heavy (non-hydrogen) atoms. The normalized spacial score (nSPS) is 16.8. The van der Waals surface area contributed by atoms with Crippen LogP contribution < -0.4 is 5.32 Å². The van der Waals surface area contributed by atoms with E-state index < -0.39 is 10.0 Å². The molecule has 134 valence electrons. The zero-order valence-corrected chi connectivity index (χ0v) is 15.8. The van der Waals surface area contributed by atoms with Crippen molar-refractivity contribution >= 4 is 44.7 Å². The van der Waals surface area contributed by atoms with Crippen LogP contribution in [0.4, 0.5) is 11.5 Å². The summed E-state index contributed by atoms with van der Waals surface area (Å²) in [6, 6.07) is 6.65. The molecule has 0 bridgehead atoms. The van der Waals surface area contributed by atoms with Crippen LogP contribution in [0.2, 0.25) is 10.3 Å². The van der Waals surface area contributed by atoms with Gasteiger partial charge < -0.3 is 10.2 Å². The molecule has 3 rings (SSSR count). The number of piperazine rings is 1. The molecule has 1 aromatic heterocycles. The van der Waals surface area contributed by atoms with Gasteiger partial charge in [-0.2, -0.15) is 9.29 Å². The Morgan fingerprint density at radius 3 is 2.52 bits per heavy atom. The van der Waals surface area contributed by atoms with Crippen LogP contribution in [0, 0.1) is 0 Å². The van der Waals surface area contributed by atoms with Gasteiger partial charge in [0.15, 0.2) is 5.82 Å². The smallest absolute Gasteiger partial charge is 0.245 e. The third kappa shape index (κ3) is 4.04. The molecular weight excluding hydrogens is 385 g/mol. The molecule has 0 radical (unpaired) electrons. The minimum Gasteiger partial charge on any atom is -0.338 e. The molecule has 0 amide bonds. The number of nitrogens with zero attached hydrogens (tertiary/aromatic N) is 4. The molecule has 1 aliphatic rings. The van der Waals surface area contributed by atoms with Crippen molar-refractivity contribution in [3.05, 3.63) is 40.8 Å². The number of likely N-dealkylation sites (N-methyl/N-ethyl adjacent to an activating group) is 1. The van der Waals surface area contributed by atoms with Crippen LogP contribution in [-0.4, -0.2) is 60.8 Å². The zero-order valence-electron chi connectivity index (χ0n) is 13.5. The van der Waals surface area contributed by atoms with E-state index in [0.717, 1.165) is 0 Å². The Kier molecular flexibility index (Phi) is 5.45. The van der Waals surface area contributed by atoms with Crippen LogP contribution in [0.25, 0.3) is 0 Å². The topological polar surface area (TPSA) is 78.4 Å². The highest BCUT2D eigenvalue weighted by atomic mass is 35.5. The highest BCUT2D eigenvalue weighted by molar-refractivity contribution is 7.89. The Balaban J connectivity index is 1.94. The van der Waals surface area contributed by atoms with Crippen molar-refractivity contribution in [2.24, 2.45) is 0 Å². The number of anilines is 2. The Bertz CT molecular complexity index is 870. The van der Waals surface area contributed by atoms with Crippen molar-refractivity contribution in [3.8, 4) is 0 Å². The molecule has 7 nitrogen and oxygen atoms in total. The number of hydrogen-bond donors (Lipinski definition) is 1. The lowest BCUT2D eigenvalue weighted by Crippen LogP contribution is -2.47. The summed E-state index contributed by atoms with van der Waals surface area (Å²) in [5.74, 6) is 0.252. The number of para-hydroxylation sites is 1. The standard InChI is InChI=1S/C15H17Cl2N5O2S/c1-21-6-8-22(9-7-21)25(23,24)13-5-3-2-4-12(13)19-14-11(16)10-18-15(17)20-14/h2-5,10H,6-9H2,1H3,(H,18,19,20). The van der Waals surface area contributed by atoms with E-state index in [0.29, 0.717) is 31.9 Å². The van der Waals surface area contributed by atoms with Crippen LogP contribution in [0.5, 0.6) is 0 Å². The van der Waals surface area contributed by atoms with Gasteiger partial charge in [0.05, 0.1) is 11.9 Å². The van der Waals surface area contributed by atoms with E-state index in [-0.39, 0.29) is 21.0 Å². The monoisotopic (exact) mass is 401 g/mol. The third-order valence-corrected chi connectivity index (χ3v) is 6.35. The quantitative estimate of drug-likeness (QED) is 0.792. The first-order chi connectivity index (χ1) is 11.9. The van der Waals surface area contributed by atoms with Gasteiger partial charge in [-0.15, -0.1) is 0 Å². The average Bonchev–Trinajstić information content (AvgIpc) is 2.59. The van der Waals surface area contributed by atoms with Gasteiger partial charge in [-0.05, 0) is 30.8 Å². The first-order valence-corrected chi connectivity index (χ1v) is 9.80. The zero-order chi connectivity index (χ0) is 18.0. The van der Waals surface area contributed by atoms with Crippen molar-refractivity contribution < 1.29 is 8.42 Å². The maximum Gasteiger partial charge on any atom is 0.245 e. The molecule has 1 fully saturated rings. The van der Waals surface area contributed by atoms with Crippen LogP contribution in [-0.2, 0) is 10.0 Å². The van der Waals surface area contributed by atoms with E-state index >= 15 is 0 Å². The van der Waals surface area contributed by atoms with Gasteiger partial charge in [0.1, 0.15) is 9.92 Å². The van der Waals surface area contributed by atoms with Crippen molar-refractivity contribution in [2.75, 3.05) is 38.5 Å². The van der Waals surface area contributed by atoms with Crippen LogP contribution >= 0.6 is 23.2 Å². The average molecular weight is 402 g/mol. The molecule has 0 aliphatic carbocycles. The minimum atomic E-state index is -3.63.